The number of ether oxygens (including phenoxy) is 1. The lowest BCUT2D eigenvalue weighted by Gasteiger charge is -2.08. The topological polar surface area (TPSA) is 85.2 Å². The summed E-state index contributed by atoms with van der Waals surface area (Å²) in [6, 6.07) is 1.35. The number of alkyl halides is 1. The molecule has 0 aromatic carbocycles. The number of aromatic nitrogens is 2. The van der Waals surface area contributed by atoms with Gasteiger partial charge in [-0.05, 0) is 24.3 Å². The number of hydrogen-bond acceptors (Lipinski definition) is 5. The van der Waals surface area contributed by atoms with Gasteiger partial charge in [-0.3, -0.25) is 4.98 Å². The van der Waals surface area contributed by atoms with E-state index < -0.39 is 18.2 Å². The van der Waals surface area contributed by atoms with Gasteiger partial charge >= 0.3 is 11.3 Å². The molecule has 1 N–H and O–H groups in total. The molecule has 2 aromatic heterocycles. The Labute approximate surface area is 119 Å². The van der Waals surface area contributed by atoms with Crippen LogP contribution >= 0.6 is 0 Å². The largest absolute Gasteiger partial charge is 0.445 e. The van der Waals surface area contributed by atoms with Crippen LogP contribution in [0, 0.1) is 5.92 Å². The van der Waals surface area contributed by atoms with E-state index in [-0.39, 0.29) is 11.6 Å². The second-order valence-electron chi connectivity index (χ2n) is 5.23. The van der Waals surface area contributed by atoms with Gasteiger partial charge in [0.05, 0.1) is 0 Å². The molecule has 0 bridgehead atoms. The van der Waals surface area contributed by atoms with Gasteiger partial charge in [0.25, 0.3) is 0 Å². The molecule has 0 radical (unpaired) electrons. The van der Waals surface area contributed by atoms with E-state index in [0.29, 0.717) is 17.4 Å². The minimum Gasteiger partial charge on any atom is -0.445 e. The van der Waals surface area contributed by atoms with Crippen molar-refractivity contribution in [3.05, 3.63) is 32.5 Å². The Bertz CT molecular complexity index is 758. The first-order valence-corrected chi connectivity index (χ1v) is 6.93. The van der Waals surface area contributed by atoms with Crippen molar-refractivity contribution in [3.8, 4) is 5.88 Å². The lowest BCUT2D eigenvalue weighted by molar-refractivity contribution is 0.186. The minimum atomic E-state index is -1.10. The van der Waals surface area contributed by atoms with E-state index in [1.165, 1.54) is 18.9 Å². The van der Waals surface area contributed by atoms with Crippen molar-refractivity contribution in [2.45, 2.75) is 32.1 Å². The Morgan fingerprint density at radius 2 is 2.24 bits per heavy atom. The van der Waals surface area contributed by atoms with E-state index in [9.17, 15) is 14.0 Å². The molecular formula is C14H15FN2O4. The van der Waals surface area contributed by atoms with Gasteiger partial charge in [0.1, 0.15) is 5.39 Å². The Hall–Kier alpha value is -2.18. The molecule has 3 rings (SSSR count). The highest BCUT2D eigenvalue weighted by Gasteiger charge is 2.21. The van der Waals surface area contributed by atoms with E-state index in [0.717, 1.165) is 18.8 Å². The number of rotatable bonds is 6. The third kappa shape index (κ3) is 3.12. The summed E-state index contributed by atoms with van der Waals surface area (Å²) in [5.74, 6) is 0.650. The zero-order valence-corrected chi connectivity index (χ0v) is 11.4. The number of fused-ring (bicyclic) bond motifs is 1. The van der Waals surface area contributed by atoms with E-state index >= 15 is 0 Å². The van der Waals surface area contributed by atoms with Crippen molar-refractivity contribution in [1.82, 2.24) is 9.97 Å². The molecule has 1 aliphatic carbocycles. The molecule has 1 saturated carbocycles. The zero-order valence-electron chi connectivity index (χ0n) is 11.4. The van der Waals surface area contributed by atoms with Crippen LogP contribution in [-0.4, -0.2) is 16.8 Å². The first kappa shape index (κ1) is 13.8. The number of H-pyrrole nitrogens is 1. The van der Waals surface area contributed by atoms with E-state index in [1.54, 1.807) is 0 Å². The Morgan fingerprint density at radius 3 is 2.95 bits per heavy atom. The van der Waals surface area contributed by atoms with Crippen LogP contribution < -0.4 is 16.1 Å². The summed E-state index contributed by atoms with van der Waals surface area (Å²) in [6.07, 6.45) is 5.18. The molecule has 21 heavy (non-hydrogen) atoms. The summed E-state index contributed by atoms with van der Waals surface area (Å²) in [4.78, 5) is 28.9. The molecule has 0 spiro atoms. The van der Waals surface area contributed by atoms with Gasteiger partial charge in [0.15, 0.2) is 0 Å². The van der Waals surface area contributed by atoms with Gasteiger partial charge in [-0.25, -0.2) is 14.0 Å². The smallest absolute Gasteiger partial charge is 0.351 e. The van der Waals surface area contributed by atoms with E-state index in [4.69, 9.17) is 9.15 Å². The summed E-state index contributed by atoms with van der Waals surface area (Å²) in [5.41, 5.74) is -0.664. The molecule has 0 unspecified atom stereocenters. The van der Waals surface area contributed by atoms with Crippen molar-refractivity contribution < 1.29 is 13.5 Å². The lowest BCUT2D eigenvalue weighted by atomic mass is 10.0. The molecular weight excluding hydrogens is 279 g/mol. The van der Waals surface area contributed by atoms with Gasteiger partial charge in [-0.2, -0.15) is 4.98 Å². The monoisotopic (exact) mass is 294 g/mol. The minimum absolute atomic E-state index is 0.0210. The molecule has 1 fully saturated rings. The fourth-order valence-corrected chi connectivity index (χ4v) is 2.48. The van der Waals surface area contributed by atoms with Gasteiger partial charge in [-0.1, -0.05) is 19.3 Å². The number of aromatic amines is 1. The maximum absolute atomic E-state index is 12.4. The number of hydrogen-bond donors (Lipinski definition) is 1. The number of halogens is 1. The molecule has 112 valence electrons. The van der Waals surface area contributed by atoms with Crippen molar-refractivity contribution in [2.75, 3.05) is 6.86 Å². The maximum atomic E-state index is 12.4. The third-order valence-electron chi connectivity index (χ3n) is 3.63. The van der Waals surface area contributed by atoms with Crippen LogP contribution in [0.4, 0.5) is 4.39 Å². The fourth-order valence-electron chi connectivity index (χ4n) is 2.48. The molecule has 0 amide bonds. The summed E-state index contributed by atoms with van der Waals surface area (Å²) >= 11 is 0. The predicted octanol–water partition coefficient (Wildman–Crippen LogP) is 1.91. The maximum Gasteiger partial charge on any atom is 0.351 e. The highest BCUT2D eigenvalue weighted by atomic mass is 19.1. The summed E-state index contributed by atoms with van der Waals surface area (Å²) in [6.45, 7) is -1.10. The first-order chi connectivity index (χ1) is 10.2. The van der Waals surface area contributed by atoms with Crippen LogP contribution in [0.25, 0.3) is 11.1 Å². The quantitative estimate of drug-likeness (QED) is 0.879. The molecule has 2 heterocycles. The number of nitrogens with zero attached hydrogens (tertiary/aromatic N) is 1. The Kier molecular flexibility index (Phi) is 3.72. The van der Waals surface area contributed by atoms with Gasteiger partial charge in [0.2, 0.25) is 18.5 Å². The molecule has 1 aliphatic rings. The van der Waals surface area contributed by atoms with Gasteiger partial charge < -0.3 is 9.15 Å². The van der Waals surface area contributed by atoms with Crippen LogP contribution in [0.1, 0.15) is 31.2 Å². The van der Waals surface area contributed by atoms with E-state index in [2.05, 4.69) is 9.97 Å². The van der Waals surface area contributed by atoms with Gasteiger partial charge in [0, 0.05) is 6.07 Å². The lowest BCUT2D eigenvalue weighted by Crippen LogP contribution is -2.15. The first-order valence-electron chi connectivity index (χ1n) is 6.93. The van der Waals surface area contributed by atoms with Crippen LogP contribution in [0.15, 0.2) is 20.1 Å². The van der Waals surface area contributed by atoms with Crippen LogP contribution in [0.2, 0.25) is 0 Å². The molecule has 6 nitrogen and oxygen atoms in total. The normalized spacial score (nSPS) is 14.5. The second-order valence-corrected chi connectivity index (χ2v) is 5.23. The summed E-state index contributed by atoms with van der Waals surface area (Å²) < 4.78 is 22.2. The standard InChI is InChI=1S/C14H15FN2O4/c15-7-20-12-11-9(3-1-2-8-4-5-8)6-10(18)21-13(11)17-14(19)16-12/h6,8H,1-5,7H2,(H,16,17,19). The molecule has 2 aromatic rings. The average molecular weight is 294 g/mol. The molecule has 0 atom stereocenters. The summed E-state index contributed by atoms with van der Waals surface area (Å²) in [5, 5.41) is 0.364. The summed E-state index contributed by atoms with van der Waals surface area (Å²) in [7, 11) is 0. The van der Waals surface area contributed by atoms with Crippen LogP contribution in [0.5, 0.6) is 5.88 Å². The van der Waals surface area contributed by atoms with Crippen molar-refractivity contribution in [2.24, 2.45) is 5.92 Å². The highest BCUT2D eigenvalue weighted by molar-refractivity contribution is 5.82. The average Bonchev–Trinajstić information content (AvgIpc) is 3.22. The fraction of sp³-hybridized carbons (Fsp3) is 0.500. The molecule has 0 aliphatic heterocycles. The third-order valence-corrected chi connectivity index (χ3v) is 3.63. The SMILES string of the molecule is O=c1nc(OCF)c2c(CCCC3CC3)cc(=O)oc2[nH]1. The molecule has 0 saturated heterocycles. The predicted molar refractivity (Wildman–Crippen MR) is 73.2 cm³/mol. The molecule has 7 heteroatoms. The van der Waals surface area contributed by atoms with E-state index in [1.807, 2.05) is 0 Å². The van der Waals surface area contributed by atoms with Crippen molar-refractivity contribution in [3.63, 3.8) is 0 Å². The number of nitrogens with one attached hydrogen (secondary N) is 1. The van der Waals surface area contributed by atoms with Crippen molar-refractivity contribution in [1.29, 1.82) is 0 Å². The van der Waals surface area contributed by atoms with Crippen molar-refractivity contribution >= 4 is 11.1 Å². The second kappa shape index (κ2) is 5.67. The van der Waals surface area contributed by atoms with Crippen LogP contribution in [0.3, 0.4) is 0 Å². The Balaban J connectivity index is 2.02. The number of aryl methyl sites for hydroxylation is 1. The van der Waals surface area contributed by atoms with Crippen LogP contribution in [-0.2, 0) is 6.42 Å². The highest BCUT2D eigenvalue weighted by Crippen LogP contribution is 2.34. The van der Waals surface area contributed by atoms with Gasteiger partial charge in [-0.15, -0.1) is 0 Å². The zero-order chi connectivity index (χ0) is 14.8. The Morgan fingerprint density at radius 1 is 1.43 bits per heavy atom.